The van der Waals surface area contributed by atoms with E-state index in [0.717, 1.165) is 25.7 Å². The van der Waals surface area contributed by atoms with Gasteiger partial charge in [0.25, 0.3) is 0 Å². The molecule has 1 aliphatic carbocycles. The zero-order valence-electron chi connectivity index (χ0n) is 9.06. The molecule has 2 N–H and O–H groups in total. The first-order chi connectivity index (χ1) is 7.66. The fourth-order valence-electron chi connectivity index (χ4n) is 2.14. The van der Waals surface area contributed by atoms with Crippen LogP contribution in [0.15, 0.2) is 29.2 Å². The molecule has 1 aromatic carbocycles. The third kappa shape index (κ3) is 2.68. The van der Waals surface area contributed by atoms with E-state index in [4.69, 9.17) is 5.73 Å². The maximum atomic E-state index is 12.7. The van der Waals surface area contributed by atoms with Gasteiger partial charge >= 0.3 is 0 Å². The van der Waals surface area contributed by atoms with Crippen LogP contribution in [-0.4, -0.2) is 15.5 Å². The Kier molecular flexibility index (Phi) is 3.71. The topological polar surface area (TPSA) is 43.1 Å². The summed E-state index contributed by atoms with van der Waals surface area (Å²) in [4.78, 5) is 0.709. The number of hydrogen-bond donors (Lipinski definition) is 1. The fraction of sp³-hybridized carbons (Fsp3) is 0.500. The van der Waals surface area contributed by atoms with Crippen molar-refractivity contribution in [1.82, 2.24) is 0 Å². The zero-order valence-corrected chi connectivity index (χ0v) is 9.88. The van der Waals surface area contributed by atoms with Crippen molar-refractivity contribution in [3.8, 4) is 0 Å². The molecule has 0 aliphatic heterocycles. The van der Waals surface area contributed by atoms with Gasteiger partial charge in [0.1, 0.15) is 5.82 Å². The summed E-state index contributed by atoms with van der Waals surface area (Å²) >= 11 is 0. The standard InChI is InChI=1S/C12H16FNOS/c13-9-4-6-11(7-5-9)16(15)12-3-1-2-10(14)8-12/h4-7,10,12H,1-3,8,14H2. The van der Waals surface area contributed by atoms with Gasteiger partial charge in [-0.15, -0.1) is 0 Å². The molecule has 1 fully saturated rings. The molecule has 4 heteroatoms. The lowest BCUT2D eigenvalue weighted by Crippen LogP contribution is -2.33. The summed E-state index contributed by atoms with van der Waals surface area (Å²) in [6.07, 6.45) is 3.83. The van der Waals surface area contributed by atoms with Gasteiger partial charge in [-0.3, -0.25) is 4.21 Å². The van der Waals surface area contributed by atoms with Gasteiger partial charge in [-0.05, 0) is 43.5 Å². The van der Waals surface area contributed by atoms with Gasteiger partial charge in [-0.25, -0.2) is 4.39 Å². The highest BCUT2D eigenvalue weighted by Gasteiger charge is 2.25. The molecule has 0 amide bonds. The van der Waals surface area contributed by atoms with E-state index in [9.17, 15) is 8.60 Å². The monoisotopic (exact) mass is 241 g/mol. The molecule has 88 valence electrons. The van der Waals surface area contributed by atoms with Crippen LogP contribution in [0.1, 0.15) is 25.7 Å². The van der Waals surface area contributed by atoms with Crippen LogP contribution in [0.4, 0.5) is 4.39 Å². The summed E-state index contributed by atoms with van der Waals surface area (Å²) in [5.41, 5.74) is 5.87. The Hall–Kier alpha value is -0.740. The maximum Gasteiger partial charge on any atom is 0.123 e. The van der Waals surface area contributed by atoms with E-state index < -0.39 is 10.8 Å². The van der Waals surface area contributed by atoms with Gasteiger partial charge in [-0.1, -0.05) is 6.42 Å². The van der Waals surface area contributed by atoms with Gasteiger partial charge in [0.2, 0.25) is 0 Å². The SMILES string of the molecule is NC1CCCC(S(=O)c2ccc(F)cc2)C1. The first kappa shape index (κ1) is 11.7. The van der Waals surface area contributed by atoms with Gasteiger partial charge < -0.3 is 5.73 Å². The van der Waals surface area contributed by atoms with Gasteiger partial charge in [0.15, 0.2) is 0 Å². The second-order valence-electron chi connectivity index (χ2n) is 4.30. The molecule has 2 rings (SSSR count). The van der Waals surface area contributed by atoms with Crippen LogP contribution < -0.4 is 5.73 Å². The molecule has 1 aromatic rings. The van der Waals surface area contributed by atoms with Crippen LogP contribution in [0.5, 0.6) is 0 Å². The molecular weight excluding hydrogens is 225 g/mol. The van der Waals surface area contributed by atoms with Crippen LogP contribution in [0.3, 0.4) is 0 Å². The molecule has 0 bridgehead atoms. The van der Waals surface area contributed by atoms with Crippen LogP contribution in [0, 0.1) is 5.82 Å². The molecule has 16 heavy (non-hydrogen) atoms. The maximum absolute atomic E-state index is 12.7. The second kappa shape index (κ2) is 5.06. The normalized spacial score (nSPS) is 27.6. The van der Waals surface area contributed by atoms with Crippen molar-refractivity contribution < 1.29 is 8.60 Å². The Labute approximate surface area is 97.5 Å². The molecule has 2 nitrogen and oxygen atoms in total. The number of rotatable bonds is 2. The minimum atomic E-state index is -1.05. The Morgan fingerprint density at radius 1 is 1.25 bits per heavy atom. The van der Waals surface area contributed by atoms with Crippen LogP contribution in [0.2, 0.25) is 0 Å². The van der Waals surface area contributed by atoms with Crippen LogP contribution >= 0.6 is 0 Å². The zero-order chi connectivity index (χ0) is 11.5. The molecule has 1 saturated carbocycles. The van der Waals surface area contributed by atoms with Crippen molar-refractivity contribution in [1.29, 1.82) is 0 Å². The Morgan fingerprint density at radius 3 is 2.56 bits per heavy atom. The molecule has 0 radical (unpaired) electrons. The Bertz CT molecular complexity index is 379. The lowest BCUT2D eigenvalue weighted by Gasteiger charge is -2.25. The first-order valence-corrected chi connectivity index (χ1v) is 6.80. The van der Waals surface area contributed by atoms with E-state index in [0.29, 0.717) is 4.90 Å². The molecule has 3 atom stereocenters. The summed E-state index contributed by atoms with van der Waals surface area (Å²) in [6.45, 7) is 0. The van der Waals surface area contributed by atoms with Crippen molar-refractivity contribution >= 4 is 10.8 Å². The van der Waals surface area contributed by atoms with E-state index in [2.05, 4.69) is 0 Å². The van der Waals surface area contributed by atoms with Crippen molar-refractivity contribution in [3.63, 3.8) is 0 Å². The predicted octanol–water partition coefficient (Wildman–Crippen LogP) is 2.20. The minimum Gasteiger partial charge on any atom is -0.328 e. The molecule has 0 spiro atoms. The average Bonchev–Trinajstić information content (AvgIpc) is 2.29. The quantitative estimate of drug-likeness (QED) is 0.862. The molecule has 3 unspecified atom stereocenters. The molecule has 1 aliphatic rings. The van der Waals surface area contributed by atoms with Crippen molar-refractivity contribution in [3.05, 3.63) is 30.1 Å². The van der Waals surface area contributed by atoms with E-state index in [1.807, 2.05) is 0 Å². The van der Waals surface area contributed by atoms with Gasteiger partial charge in [0, 0.05) is 16.2 Å². The molecular formula is C12H16FNOS. The highest BCUT2D eigenvalue weighted by Crippen LogP contribution is 2.25. The van der Waals surface area contributed by atoms with E-state index >= 15 is 0 Å². The van der Waals surface area contributed by atoms with Gasteiger partial charge in [-0.2, -0.15) is 0 Å². The minimum absolute atomic E-state index is 0.134. The first-order valence-electron chi connectivity index (χ1n) is 5.58. The van der Waals surface area contributed by atoms with E-state index in [-0.39, 0.29) is 17.1 Å². The van der Waals surface area contributed by atoms with Crippen molar-refractivity contribution in [2.24, 2.45) is 5.73 Å². The number of benzene rings is 1. The van der Waals surface area contributed by atoms with Crippen molar-refractivity contribution in [2.75, 3.05) is 0 Å². The summed E-state index contributed by atoms with van der Waals surface area (Å²) in [7, 11) is -1.05. The number of nitrogens with two attached hydrogens (primary N) is 1. The smallest absolute Gasteiger partial charge is 0.123 e. The summed E-state index contributed by atoms with van der Waals surface area (Å²) in [5.74, 6) is -0.291. The summed E-state index contributed by atoms with van der Waals surface area (Å²) < 4.78 is 24.9. The predicted molar refractivity (Wildman–Crippen MR) is 63.0 cm³/mol. The third-order valence-electron chi connectivity index (χ3n) is 3.02. The van der Waals surface area contributed by atoms with E-state index in [1.165, 1.54) is 12.1 Å². The highest BCUT2D eigenvalue weighted by atomic mass is 32.2. The third-order valence-corrected chi connectivity index (χ3v) is 4.79. The molecule has 0 saturated heterocycles. The second-order valence-corrected chi connectivity index (χ2v) is 6.03. The lowest BCUT2D eigenvalue weighted by atomic mass is 9.96. The Balaban J connectivity index is 2.09. The lowest BCUT2D eigenvalue weighted by molar-refractivity contribution is 0.444. The fourth-order valence-corrected chi connectivity index (χ4v) is 3.73. The number of hydrogen-bond acceptors (Lipinski definition) is 2. The average molecular weight is 241 g/mol. The van der Waals surface area contributed by atoms with Gasteiger partial charge in [0.05, 0.1) is 10.8 Å². The largest absolute Gasteiger partial charge is 0.328 e. The highest BCUT2D eigenvalue weighted by molar-refractivity contribution is 7.85. The van der Waals surface area contributed by atoms with Crippen LogP contribution in [0.25, 0.3) is 0 Å². The molecule has 0 aromatic heterocycles. The molecule has 0 heterocycles. The number of halogens is 1. The Morgan fingerprint density at radius 2 is 1.94 bits per heavy atom. The van der Waals surface area contributed by atoms with E-state index in [1.54, 1.807) is 12.1 Å². The van der Waals surface area contributed by atoms with Crippen LogP contribution in [-0.2, 0) is 10.8 Å². The van der Waals surface area contributed by atoms with Crippen molar-refractivity contribution in [2.45, 2.75) is 41.9 Å². The summed E-state index contributed by atoms with van der Waals surface area (Å²) in [6, 6.07) is 6.09. The summed E-state index contributed by atoms with van der Waals surface area (Å²) in [5, 5.41) is 0.134.